The van der Waals surface area contributed by atoms with Crippen LogP contribution in [-0.2, 0) is 6.54 Å². The third-order valence-corrected chi connectivity index (χ3v) is 3.96. The molecule has 6 nitrogen and oxygen atoms in total. The zero-order valence-corrected chi connectivity index (χ0v) is 12.5. The molecule has 1 fully saturated rings. The molecule has 1 aliphatic rings. The van der Waals surface area contributed by atoms with Gasteiger partial charge in [0, 0.05) is 51.3 Å². The Balaban J connectivity index is 1.47. The van der Waals surface area contributed by atoms with E-state index in [-0.39, 0.29) is 5.91 Å². The average molecular weight is 308 g/mol. The summed E-state index contributed by atoms with van der Waals surface area (Å²) in [7, 11) is 0. The van der Waals surface area contributed by atoms with Gasteiger partial charge in [-0.25, -0.2) is 0 Å². The van der Waals surface area contributed by atoms with Gasteiger partial charge in [0.15, 0.2) is 0 Å². The minimum Gasteiger partial charge on any atom is -0.356 e. The quantitative estimate of drug-likeness (QED) is 0.927. The summed E-state index contributed by atoms with van der Waals surface area (Å²) < 4.78 is 1.93. The largest absolute Gasteiger partial charge is 0.356 e. The molecule has 3 heterocycles. The maximum absolute atomic E-state index is 12.3. The highest BCUT2D eigenvalue weighted by atomic mass is 35.5. The Labute approximate surface area is 128 Å². The lowest BCUT2D eigenvalue weighted by Crippen LogP contribution is -2.49. The molecule has 0 aromatic carbocycles. The molecule has 1 N–H and O–H groups in total. The van der Waals surface area contributed by atoms with Gasteiger partial charge in [-0.15, -0.1) is 0 Å². The van der Waals surface area contributed by atoms with E-state index in [0.717, 1.165) is 39.3 Å². The van der Waals surface area contributed by atoms with E-state index < -0.39 is 0 Å². The van der Waals surface area contributed by atoms with Crippen molar-refractivity contribution in [3.05, 3.63) is 41.4 Å². The number of carbonyl (C=O) groups excluding carboxylic acids is 1. The summed E-state index contributed by atoms with van der Waals surface area (Å²) in [4.78, 5) is 19.4. The molecule has 0 aliphatic carbocycles. The van der Waals surface area contributed by atoms with Crippen LogP contribution in [0.3, 0.4) is 0 Å². The SMILES string of the molecule is O=C(c1cc(Cl)c[nH]1)N1CCN(CCn2cccn2)CC1. The third-order valence-electron chi connectivity index (χ3n) is 3.74. The van der Waals surface area contributed by atoms with Crippen molar-refractivity contribution in [2.75, 3.05) is 32.7 Å². The predicted molar refractivity (Wildman–Crippen MR) is 80.4 cm³/mol. The second kappa shape index (κ2) is 6.32. The molecule has 1 saturated heterocycles. The number of hydrogen-bond acceptors (Lipinski definition) is 3. The second-order valence-corrected chi connectivity index (χ2v) is 5.57. The average Bonchev–Trinajstić information content (AvgIpc) is 3.16. The van der Waals surface area contributed by atoms with Crippen molar-refractivity contribution in [2.24, 2.45) is 0 Å². The number of aromatic amines is 1. The summed E-state index contributed by atoms with van der Waals surface area (Å²) in [5, 5.41) is 4.76. The fraction of sp³-hybridized carbons (Fsp3) is 0.429. The van der Waals surface area contributed by atoms with Gasteiger partial charge in [-0.1, -0.05) is 11.6 Å². The van der Waals surface area contributed by atoms with Crippen molar-refractivity contribution in [3.8, 4) is 0 Å². The van der Waals surface area contributed by atoms with Crippen LogP contribution in [-0.4, -0.2) is 63.2 Å². The second-order valence-electron chi connectivity index (χ2n) is 5.13. The Morgan fingerprint density at radius 1 is 1.29 bits per heavy atom. The minimum atomic E-state index is 0.0219. The first-order chi connectivity index (χ1) is 10.2. The van der Waals surface area contributed by atoms with E-state index in [1.54, 1.807) is 18.5 Å². The number of piperazine rings is 1. The van der Waals surface area contributed by atoms with Crippen molar-refractivity contribution in [2.45, 2.75) is 6.54 Å². The predicted octanol–water partition coefficient (Wildman–Crippen LogP) is 1.32. The molecule has 3 rings (SSSR count). The molecule has 0 atom stereocenters. The normalized spacial score (nSPS) is 16.3. The summed E-state index contributed by atoms with van der Waals surface area (Å²) in [6.45, 7) is 5.11. The molecular weight excluding hydrogens is 290 g/mol. The summed E-state index contributed by atoms with van der Waals surface area (Å²) in [6, 6.07) is 3.60. The smallest absolute Gasteiger partial charge is 0.270 e. The molecule has 2 aromatic heterocycles. The van der Waals surface area contributed by atoms with Gasteiger partial charge in [-0.2, -0.15) is 5.10 Å². The van der Waals surface area contributed by atoms with Gasteiger partial charge in [0.25, 0.3) is 5.91 Å². The van der Waals surface area contributed by atoms with Crippen molar-refractivity contribution in [1.82, 2.24) is 24.6 Å². The Hall–Kier alpha value is -1.79. The standard InChI is InChI=1S/C14H18ClN5O/c15-12-10-13(16-11-12)14(21)19-7-4-18(5-8-19)6-9-20-3-1-2-17-20/h1-3,10-11,16H,4-9H2. The van der Waals surface area contributed by atoms with E-state index in [1.807, 2.05) is 21.8 Å². The van der Waals surface area contributed by atoms with E-state index in [4.69, 9.17) is 11.6 Å². The maximum Gasteiger partial charge on any atom is 0.270 e. The summed E-state index contributed by atoms with van der Waals surface area (Å²) in [5.74, 6) is 0.0219. The fourth-order valence-corrected chi connectivity index (χ4v) is 2.68. The lowest BCUT2D eigenvalue weighted by atomic mass is 10.2. The molecule has 7 heteroatoms. The minimum absolute atomic E-state index is 0.0219. The third kappa shape index (κ3) is 3.46. The monoisotopic (exact) mass is 307 g/mol. The number of carbonyl (C=O) groups is 1. The van der Waals surface area contributed by atoms with Gasteiger partial charge >= 0.3 is 0 Å². The number of H-pyrrole nitrogens is 1. The topological polar surface area (TPSA) is 57.2 Å². The van der Waals surface area contributed by atoms with Crippen LogP contribution in [0.4, 0.5) is 0 Å². The number of hydrogen-bond donors (Lipinski definition) is 1. The number of halogens is 1. The van der Waals surface area contributed by atoms with Crippen LogP contribution >= 0.6 is 11.6 Å². The van der Waals surface area contributed by atoms with E-state index in [2.05, 4.69) is 15.0 Å². The van der Waals surface area contributed by atoms with Crippen LogP contribution < -0.4 is 0 Å². The first-order valence-electron chi connectivity index (χ1n) is 7.05. The van der Waals surface area contributed by atoms with Gasteiger partial charge in [0.05, 0.1) is 11.6 Å². The van der Waals surface area contributed by atoms with E-state index in [0.29, 0.717) is 10.7 Å². The van der Waals surface area contributed by atoms with Crippen molar-refractivity contribution >= 4 is 17.5 Å². The van der Waals surface area contributed by atoms with Crippen LogP contribution in [0.5, 0.6) is 0 Å². The number of nitrogens with zero attached hydrogens (tertiary/aromatic N) is 4. The van der Waals surface area contributed by atoms with Crippen LogP contribution in [0.2, 0.25) is 5.02 Å². The number of rotatable bonds is 4. The highest BCUT2D eigenvalue weighted by Gasteiger charge is 2.22. The molecule has 112 valence electrons. The summed E-state index contributed by atoms with van der Waals surface area (Å²) >= 11 is 5.84. The van der Waals surface area contributed by atoms with Crippen molar-refractivity contribution in [3.63, 3.8) is 0 Å². The Kier molecular flexibility index (Phi) is 4.26. The van der Waals surface area contributed by atoms with Gasteiger partial charge in [0.2, 0.25) is 0 Å². The molecule has 0 bridgehead atoms. The van der Waals surface area contributed by atoms with Crippen molar-refractivity contribution in [1.29, 1.82) is 0 Å². The van der Waals surface area contributed by atoms with Gasteiger partial charge in [0.1, 0.15) is 5.69 Å². The molecule has 0 unspecified atom stereocenters. The molecule has 1 aliphatic heterocycles. The number of amides is 1. The van der Waals surface area contributed by atoms with E-state index in [1.165, 1.54) is 0 Å². The number of nitrogens with one attached hydrogen (secondary N) is 1. The maximum atomic E-state index is 12.3. The first kappa shape index (κ1) is 14.2. The molecule has 0 radical (unpaired) electrons. The molecule has 0 spiro atoms. The first-order valence-corrected chi connectivity index (χ1v) is 7.43. The van der Waals surface area contributed by atoms with Gasteiger partial charge in [-0.3, -0.25) is 14.4 Å². The highest BCUT2D eigenvalue weighted by Crippen LogP contribution is 2.13. The summed E-state index contributed by atoms with van der Waals surface area (Å²) in [5.41, 5.74) is 0.560. The van der Waals surface area contributed by atoms with Gasteiger partial charge < -0.3 is 9.88 Å². The van der Waals surface area contributed by atoms with Crippen LogP contribution in [0.25, 0.3) is 0 Å². The van der Waals surface area contributed by atoms with E-state index in [9.17, 15) is 4.79 Å². The van der Waals surface area contributed by atoms with Crippen molar-refractivity contribution < 1.29 is 4.79 Å². The lowest BCUT2D eigenvalue weighted by molar-refractivity contribution is 0.0627. The Bertz CT molecular complexity index is 586. The molecule has 21 heavy (non-hydrogen) atoms. The highest BCUT2D eigenvalue weighted by molar-refractivity contribution is 6.30. The molecular formula is C14H18ClN5O. The van der Waals surface area contributed by atoms with Crippen LogP contribution in [0, 0.1) is 0 Å². The molecule has 2 aromatic rings. The number of aromatic nitrogens is 3. The lowest BCUT2D eigenvalue weighted by Gasteiger charge is -2.34. The van der Waals surface area contributed by atoms with Gasteiger partial charge in [-0.05, 0) is 12.1 Å². The molecule has 1 amide bonds. The zero-order chi connectivity index (χ0) is 14.7. The fourth-order valence-electron chi connectivity index (χ4n) is 2.51. The van der Waals surface area contributed by atoms with E-state index >= 15 is 0 Å². The van der Waals surface area contributed by atoms with Crippen LogP contribution in [0.1, 0.15) is 10.5 Å². The Morgan fingerprint density at radius 2 is 2.10 bits per heavy atom. The van der Waals surface area contributed by atoms with Crippen LogP contribution in [0.15, 0.2) is 30.7 Å². The summed E-state index contributed by atoms with van der Waals surface area (Å²) in [6.07, 6.45) is 5.39. The Morgan fingerprint density at radius 3 is 2.71 bits per heavy atom. The zero-order valence-electron chi connectivity index (χ0n) is 11.7. The molecule has 0 saturated carbocycles.